The van der Waals surface area contributed by atoms with Crippen molar-refractivity contribution >= 4 is 0 Å². The van der Waals surface area contributed by atoms with Crippen molar-refractivity contribution in [2.45, 2.75) is 30.9 Å². The van der Waals surface area contributed by atoms with E-state index in [2.05, 4.69) is 0 Å². The summed E-state index contributed by atoms with van der Waals surface area (Å²) in [6, 6.07) is -0.970. The van der Waals surface area contributed by atoms with Crippen LogP contribution in [-0.2, 0) is 30.9 Å². The summed E-state index contributed by atoms with van der Waals surface area (Å²) in [5.74, 6) is 0. The summed E-state index contributed by atoms with van der Waals surface area (Å²) in [4.78, 5) is 0. The Morgan fingerprint density at radius 1 is 0.344 bits per heavy atom. The third-order valence-electron chi connectivity index (χ3n) is 4.02. The molecule has 0 spiro atoms. The Morgan fingerprint density at radius 3 is 1.09 bits per heavy atom. The number of alkyl halides is 15. The molecule has 0 unspecified atom stereocenters. The lowest BCUT2D eigenvalue weighted by Gasteiger charge is -2.25. The maximum Gasteiger partial charge on any atom is 0.417 e. The van der Waals surface area contributed by atoms with Crippen LogP contribution in [0.15, 0.2) is 30.3 Å². The second kappa shape index (κ2) is 7.47. The highest BCUT2D eigenvalue weighted by molar-refractivity contribution is 5.75. The molecule has 0 atom stereocenters. The molecule has 178 valence electrons. The van der Waals surface area contributed by atoms with Gasteiger partial charge in [-0.3, -0.25) is 0 Å². The lowest BCUT2D eigenvalue weighted by atomic mass is 9.87. The highest BCUT2D eigenvalue weighted by Crippen LogP contribution is 2.52. The van der Waals surface area contributed by atoms with E-state index >= 15 is 0 Å². The molecule has 0 saturated carbocycles. The Hall–Kier alpha value is -2.61. The summed E-state index contributed by atoms with van der Waals surface area (Å²) in [7, 11) is 0. The van der Waals surface area contributed by atoms with Crippen molar-refractivity contribution in [3.8, 4) is 11.1 Å². The molecule has 2 aromatic carbocycles. The van der Waals surface area contributed by atoms with Crippen molar-refractivity contribution in [3.05, 3.63) is 58.1 Å². The largest absolute Gasteiger partial charge is 0.417 e. The number of benzene rings is 2. The minimum absolute atomic E-state index is 0.00392. The third kappa shape index (κ3) is 4.90. The quantitative estimate of drug-likeness (QED) is 0.349. The molecule has 0 saturated heterocycles. The first-order valence-corrected chi connectivity index (χ1v) is 7.74. The van der Waals surface area contributed by atoms with Crippen LogP contribution in [0.3, 0.4) is 0 Å². The molecule has 0 N–H and O–H groups in total. The lowest BCUT2D eigenvalue weighted by molar-refractivity contribution is -0.174. The first-order chi connectivity index (χ1) is 14.1. The first-order valence-electron chi connectivity index (χ1n) is 7.74. The molecule has 0 aliphatic rings. The van der Waals surface area contributed by atoms with Gasteiger partial charge in [-0.05, 0) is 23.3 Å². The van der Waals surface area contributed by atoms with Crippen molar-refractivity contribution in [2.75, 3.05) is 0 Å². The van der Waals surface area contributed by atoms with Gasteiger partial charge in [-0.2, -0.15) is 65.9 Å². The fourth-order valence-electron chi connectivity index (χ4n) is 2.97. The Labute approximate surface area is 167 Å². The molecular formula is C17H5F15. The fourth-order valence-corrected chi connectivity index (χ4v) is 2.97. The topological polar surface area (TPSA) is 0 Å². The minimum atomic E-state index is -6.38. The SMILES string of the molecule is FC(F)(F)c1cccc(-c2ccc(C(F)(F)F)c(C(F)(F)F)c2C(F)(F)F)c1C(F)(F)F. The summed E-state index contributed by atoms with van der Waals surface area (Å²) in [5, 5.41) is 0. The molecule has 0 aliphatic heterocycles. The molecule has 2 aromatic rings. The molecule has 32 heavy (non-hydrogen) atoms. The van der Waals surface area contributed by atoms with E-state index in [-0.39, 0.29) is 24.3 Å². The number of rotatable bonds is 1. The van der Waals surface area contributed by atoms with E-state index in [0.29, 0.717) is 0 Å². The van der Waals surface area contributed by atoms with Crippen molar-refractivity contribution in [1.29, 1.82) is 0 Å². The number of hydrogen-bond acceptors (Lipinski definition) is 0. The van der Waals surface area contributed by atoms with Crippen LogP contribution in [0.1, 0.15) is 27.8 Å². The highest BCUT2D eigenvalue weighted by Gasteiger charge is 2.52. The van der Waals surface area contributed by atoms with Crippen molar-refractivity contribution < 1.29 is 65.9 Å². The summed E-state index contributed by atoms with van der Waals surface area (Å²) in [6.07, 6.45) is -30.6. The van der Waals surface area contributed by atoms with E-state index in [0.717, 1.165) is 0 Å². The van der Waals surface area contributed by atoms with E-state index in [1.165, 1.54) is 0 Å². The van der Waals surface area contributed by atoms with E-state index < -0.39 is 75.9 Å². The predicted molar refractivity (Wildman–Crippen MR) is 76.9 cm³/mol. The van der Waals surface area contributed by atoms with Gasteiger partial charge >= 0.3 is 30.9 Å². The van der Waals surface area contributed by atoms with E-state index in [9.17, 15) is 65.9 Å². The van der Waals surface area contributed by atoms with Crippen LogP contribution in [0.2, 0.25) is 0 Å². The van der Waals surface area contributed by atoms with E-state index in [1.54, 1.807) is 0 Å². The van der Waals surface area contributed by atoms with Gasteiger partial charge in [0.15, 0.2) is 0 Å². The fraction of sp³-hybridized carbons (Fsp3) is 0.294. The second-order valence-corrected chi connectivity index (χ2v) is 6.13. The zero-order chi connectivity index (χ0) is 25.1. The highest BCUT2D eigenvalue weighted by atomic mass is 19.4. The van der Waals surface area contributed by atoms with E-state index in [1.807, 2.05) is 0 Å². The zero-order valence-electron chi connectivity index (χ0n) is 14.6. The van der Waals surface area contributed by atoms with Crippen molar-refractivity contribution in [3.63, 3.8) is 0 Å². The standard InChI is InChI=1S/C17H5F15/c18-13(19,20)8-3-1-2-6(10(8)15(24,25)26)7-4-5-9(14(21,22)23)12(17(30,31)32)11(7)16(27,28)29/h1-5H. The zero-order valence-corrected chi connectivity index (χ0v) is 14.6. The van der Waals surface area contributed by atoms with Gasteiger partial charge < -0.3 is 0 Å². The smallest absolute Gasteiger partial charge is 0.166 e. The monoisotopic (exact) mass is 494 g/mol. The molecule has 0 aromatic heterocycles. The van der Waals surface area contributed by atoms with Gasteiger partial charge in [0.2, 0.25) is 0 Å². The van der Waals surface area contributed by atoms with Crippen LogP contribution in [-0.4, -0.2) is 0 Å². The van der Waals surface area contributed by atoms with Gasteiger partial charge in [0.25, 0.3) is 0 Å². The molecule has 15 heteroatoms. The van der Waals surface area contributed by atoms with Gasteiger partial charge in [0, 0.05) is 0 Å². The molecule has 0 bridgehead atoms. The average Bonchev–Trinajstić information content (AvgIpc) is 2.56. The lowest BCUT2D eigenvalue weighted by Crippen LogP contribution is -2.25. The first kappa shape index (κ1) is 25.6. The number of halogens is 15. The second-order valence-electron chi connectivity index (χ2n) is 6.13. The van der Waals surface area contributed by atoms with Crippen LogP contribution >= 0.6 is 0 Å². The molecule has 2 rings (SSSR count). The van der Waals surface area contributed by atoms with E-state index in [4.69, 9.17) is 0 Å². The maximum atomic E-state index is 13.5. The Bertz CT molecular complexity index is 997. The Balaban J connectivity index is 3.18. The third-order valence-corrected chi connectivity index (χ3v) is 4.02. The maximum absolute atomic E-state index is 13.5. The Morgan fingerprint density at radius 2 is 0.719 bits per heavy atom. The van der Waals surface area contributed by atoms with Crippen molar-refractivity contribution in [2.24, 2.45) is 0 Å². The molecule has 0 radical (unpaired) electrons. The van der Waals surface area contributed by atoms with Crippen molar-refractivity contribution in [1.82, 2.24) is 0 Å². The van der Waals surface area contributed by atoms with Crippen LogP contribution in [0.4, 0.5) is 65.9 Å². The van der Waals surface area contributed by atoms with Gasteiger partial charge in [-0.1, -0.05) is 18.2 Å². The number of hydrogen-bond donors (Lipinski definition) is 0. The molecule has 0 amide bonds. The van der Waals surface area contributed by atoms with Crippen LogP contribution in [0.25, 0.3) is 11.1 Å². The summed E-state index contributed by atoms with van der Waals surface area (Å²) in [6.45, 7) is 0. The summed E-state index contributed by atoms with van der Waals surface area (Å²) >= 11 is 0. The molecular weight excluding hydrogens is 489 g/mol. The van der Waals surface area contributed by atoms with Gasteiger partial charge in [0.1, 0.15) is 0 Å². The van der Waals surface area contributed by atoms with Gasteiger partial charge in [-0.15, -0.1) is 0 Å². The normalized spacial score (nSPS) is 14.1. The summed E-state index contributed by atoms with van der Waals surface area (Å²) in [5.41, 5.74) is -19.0. The molecule has 0 aliphatic carbocycles. The molecule has 0 nitrogen and oxygen atoms in total. The Kier molecular flexibility index (Phi) is 5.99. The van der Waals surface area contributed by atoms with Crippen LogP contribution < -0.4 is 0 Å². The van der Waals surface area contributed by atoms with Gasteiger partial charge in [0.05, 0.1) is 27.8 Å². The van der Waals surface area contributed by atoms with Crippen LogP contribution in [0.5, 0.6) is 0 Å². The van der Waals surface area contributed by atoms with Crippen LogP contribution in [0, 0.1) is 0 Å². The minimum Gasteiger partial charge on any atom is -0.166 e. The van der Waals surface area contributed by atoms with Gasteiger partial charge in [-0.25, -0.2) is 0 Å². The molecule has 0 fully saturated rings. The predicted octanol–water partition coefficient (Wildman–Crippen LogP) is 8.45. The summed E-state index contributed by atoms with van der Waals surface area (Å²) < 4.78 is 198. The average molecular weight is 494 g/mol. The molecule has 0 heterocycles.